The van der Waals surface area contributed by atoms with Gasteiger partial charge in [-0.2, -0.15) is 0 Å². The second kappa shape index (κ2) is 5.13. The third kappa shape index (κ3) is 3.25. The van der Waals surface area contributed by atoms with Crippen molar-refractivity contribution >= 4 is 0 Å². The molecule has 1 aliphatic heterocycles. The van der Waals surface area contributed by atoms with Gasteiger partial charge in [-0.25, -0.2) is 0 Å². The Hall–Kier alpha value is -0.0800. The molecule has 14 heavy (non-hydrogen) atoms. The summed E-state index contributed by atoms with van der Waals surface area (Å²) in [6, 6.07) is 1.43. The van der Waals surface area contributed by atoms with Gasteiger partial charge in [0.15, 0.2) is 0 Å². The van der Waals surface area contributed by atoms with Crippen LogP contribution in [0, 0.1) is 5.92 Å². The zero-order valence-electron chi connectivity index (χ0n) is 10.5. The van der Waals surface area contributed by atoms with Gasteiger partial charge < -0.3 is 4.90 Å². The van der Waals surface area contributed by atoms with Crippen LogP contribution in [0.1, 0.15) is 34.1 Å². The maximum Gasteiger partial charge on any atom is 0.0195 e. The third-order valence-corrected chi connectivity index (χ3v) is 3.46. The topological polar surface area (TPSA) is 6.48 Å². The van der Waals surface area contributed by atoms with Crippen molar-refractivity contribution in [3.8, 4) is 0 Å². The molecule has 2 atom stereocenters. The number of hydrogen-bond donors (Lipinski definition) is 0. The molecule has 1 aliphatic rings. The molecule has 2 nitrogen and oxygen atoms in total. The Bertz CT molecular complexity index is 156. The molecular formula is C12H26N2. The quantitative estimate of drug-likeness (QED) is 0.685. The Labute approximate surface area is 89.3 Å². The second-order valence-corrected chi connectivity index (χ2v) is 5.31. The molecule has 84 valence electrons. The van der Waals surface area contributed by atoms with Gasteiger partial charge in [0.2, 0.25) is 0 Å². The first-order valence-electron chi connectivity index (χ1n) is 5.95. The van der Waals surface area contributed by atoms with Crippen LogP contribution in [0.3, 0.4) is 0 Å². The molecule has 1 fully saturated rings. The number of likely N-dealkylation sites (N-methyl/N-ethyl adjacent to an activating group) is 1. The fraction of sp³-hybridized carbons (Fsp3) is 1.00. The maximum absolute atomic E-state index is 2.62. The van der Waals surface area contributed by atoms with E-state index in [4.69, 9.17) is 0 Å². The fourth-order valence-electron chi connectivity index (χ4n) is 2.14. The van der Waals surface area contributed by atoms with Gasteiger partial charge in [0, 0.05) is 25.2 Å². The van der Waals surface area contributed by atoms with E-state index >= 15 is 0 Å². The summed E-state index contributed by atoms with van der Waals surface area (Å²) in [5.74, 6) is 0.834. The number of hydrogen-bond acceptors (Lipinski definition) is 2. The summed E-state index contributed by atoms with van der Waals surface area (Å²) < 4.78 is 0. The summed E-state index contributed by atoms with van der Waals surface area (Å²) in [7, 11) is 2.25. The summed E-state index contributed by atoms with van der Waals surface area (Å²) in [5.41, 5.74) is 0. The van der Waals surface area contributed by atoms with Crippen LogP contribution in [0.5, 0.6) is 0 Å². The van der Waals surface area contributed by atoms with E-state index in [9.17, 15) is 0 Å². The molecular weight excluding hydrogens is 172 g/mol. The minimum Gasteiger partial charge on any atom is -0.300 e. The van der Waals surface area contributed by atoms with Gasteiger partial charge in [0.25, 0.3) is 0 Å². The SMILES string of the molecule is CC(C)CCN1C[C@@H](C)N(C)[C@@H](C)C1. The van der Waals surface area contributed by atoms with Crippen LogP contribution in [0.25, 0.3) is 0 Å². The standard InChI is InChI=1S/C12H26N2/c1-10(2)6-7-14-8-11(3)13(5)12(4)9-14/h10-12H,6-9H2,1-5H3/t11-,12+. The van der Waals surface area contributed by atoms with Gasteiger partial charge in [0.05, 0.1) is 0 Å². The Balaban J connectivity index is 2.34. The maximum atomic E-state index is 2.62. The van der Waals surface area contributed by atoms with E-state index in [0.717, 1.165) is 5.92 Å². The molecule has 0 saturated carbocycles. The van der Waals surface area contributed by atoms with Crippen LogP contribution in [0.4, 0.5) is 0 Å². The van der Waals surface area contributed by atoms with E-state index in [2.05, 4.69) is 44.5 Å². The smallest absolute Gasteiger partial charge is 0.0195 e. The van der Waals surface area contributed by atoms with E-state index in [-0.39, 0.29) is 0 Å². The van der Waals surface area contributed by atoms with Crippen LogP contribution in [0.2, 0.25) is 0 Å². The Morgan fingerprint density at radius 2 is 1.64 bits per heavy atom. The molecule has 0 aliphatic carbocycles. The number of piperazine rings is 1. The lowest BCUT2D eigenvalue weighted by Gasteiger charge is -2.42. The largest absolute Gasteiger partial charge is 0.300 e. The second-order valence-electron chi connectivity index (χ2n) is 5.31. The van der Waals surface area contributed by atoms with E-state index in [1.165, 1.54) is 26.1 Å². The lowest BCUT2D eigenvalue weighted by Crippen LogP contribution is -2.55. The van der Waals surface area contributed by atoms with Crippen molar-refractivity contribution < 1.29 is 0 Å². The summed E-state index contributed by atoms with van der Waals surface area (Å²) in [6.45, 7) is 13.0. The Kier molecular flexibility index (Phi) is 4.39. The minimum absolute atomic E-state index is 0.714. The van der Waals surface area contributed by atoms with Crippen LogP contribution < -0.4 is 0 Å². The van der Waals surface area contributed by atoms with Crippen molar-refractivity contribution in [3.05, 3.63) is 0 Å². The Morgan fingerprint density at radius 1 is 1.14 bits per heavy atom. The number of rotatable bonds is 3. The highest BCUT2D eigenvalue weighted by atomic mass is 15.3. The van der Waals surface area contributed by atoms with E-state index < -0.39 is 0 Å². The van der Waals surface area contributed by atoms with Crippen molar-refractivity contribution in [1.29, 1.82) is 0 Å². The molecule has 1 heterocycles. The van der Waals surface area contributed by atoms with Gasteiger partial charge in [-0.15, -0.1) is 0 Å². The Morgan fingerprint density at radius 3 is 2.07 bits per heavy atom. The van der Waals surface area contributed by atoms with Gasteiger partial charge in [-0.1, -0.05) is 13.8 Å². The normalized spacial score (nSPS) is 31.3. The number of nitrogens with zero attached hydrogens (tertiary/aromatic N) is 2. The van der Waals surface area contributed by atoms with Gasteiger partial charge in [-0.05, 0) is 39.8 Å². The molecule has 0 amide bonds. The first kappa shape index (κ1) is 12.0. The highest BCUT2D eigenvalue weighted by Crippen LogP contribution is 2.14. The zero-order chi connectivity index (χ0) is 10.7. The fourth-order valence-corrected chi connectivity index (χ4v) is 2.14. The van der Waals surface area contributed by atoms with Crippen molar-refractivity contribution in [1.82, 2.24) is 9.80 Å². The van der Waals surface area contributed by atoms with Crippen LogP contribution in [-0.4, -0.2) is 48.6 Å². The van der Waals surface area contributed by atoms with Crippen LogP contribution >= 0.6 is 0 Å². The van der Waals surface area contributed by atoms with E-state index in [1.54, 1.807) is 0 Å². The van der Waals surface area contributed by atoms with Gasteiger partial charge in [0.1, 0.15) is 0 Å². The van der Waals surface area contributed by atoms with E-state index in [0.29, 0.717) is 12.1 Å². The molecule has 0 unspecified atom stereocenters. The first-order valence-corrected chi connectivity index (χ1v) is 5.95. The van der Waals surface area contributed by atoms with Gasteiger partial charge >= 0.3 is 0 Å². The molecule has 1 rings (SSSR count). The molecule has 0 bridgehead atoms. The predicted octanol–water partition coefficient (Wildman–Crippen LogP) is 2.06. The third-order valence-electron chi connectivity index (χ3n) is 3.46. The van der Waals surface area contributed by atoms with Crippen molar-refractivity contribution in [2.45, 2.75) is 46.2 Å². The molecule has 2 heteroatoms. The monoisotopic (exact) mass is 198 g/mol. The molecule has 1 saturated heterocycles. The predicted molar refractivity (Wildman–Crippen MR) is 62.6 cm³/mol. The van der Waals surface area contributed by atoms with Crippen LogP contribution in [0.15, 0.2) is 0 Å². The lowest BCUT2D eigenvalue weighted by molar-refractivity contribution is 0.0575. The molecule has 0 radical (unpaired) electrons. The summed E-state index contributed by atoms with van der Waals surface area (Å²) in [4.78, 5) is 5.11. The van der Waals surface area contributed by atoms with E-state index in [1.807, 2.05) is 0 Å². The van der Waals surface area contributed by atoms with Crippen molar-refractivity contribution in [2.24, 2.45) is 5.92 Å². The lowest BCUT2D eigenvalue weighted by atomic mass is 10.1. The zero-order valence-corrected chi connectivity index (χ0v) is 10.5. The highest BCUT2D eigenvalue weighted by Gasteiger charge is 2.25. The highest BCUT2D eigenvalue weighted by molar-refractivity contribution is 4.82. The molecule has 0 spiro atoms. The average Bonchev–Trinajstić information content (AvgIpc) is 2.10. The van der Waals surface area contributed by atoms with Crippen molar-refractivity contribution in [2.75, 3.05) is 26.7 Å². The summed E-state index contributed by atoms with van der Waals surface area (Å²) in [6.07, 6.45) is 1.34. The first-order chi connectivity index (χ1) is 6.50. The van der Waals surface area contributed by atoms with Crippen molar-refractivity contribution in [3.63, 3.8) is 0 Å². The summed E-state index contributed by atoms with van der Waals surface area (Å²) >= 11 is 0. The minimum atomic E-state index is 0.714. The van der Waals surface area contributed by atoms with Crippen LogP contribution in [-0.2, 0) is 0 Å². The molecule has 0 aromatic heterocycles. The average molecular weight is 198 g/mol. The molecule has 0 aromatic rings. The molecule has 0 aromatic carbocycles. The van der Waals surface area contributed by atoms with Gasteiger partial charge in [-0.3, -0.25) is 4.90 Å². The summed E-state index contributed by atoms with van der Waals surface area (Å²) in [5, 5.41) is 0. The molecule has 0 N–H and O–H groups in total.